The van der Waals surface area contributed by atoms with E-state index in [1.54, 1.807) is 26.8 Å². The molecule has 2 rings (SSSR count). The first kappa shape index (κ1) is 16.4. The molecule has 118 valence electrons. The molecule has 0 aliphatic carbocycles. The maximum Gasteiger partial charge on any atom is 0.235 e. The summed E-state index contributed by atoms with van der Waals surface area (Å²) in [7, 11) is -3.59. The van der Waals surface area contributed by atoms with Crippen LogP contribution in [0.1, 0.15) is 25.2 Å². The number of nitrogens with one attached hydrogen (secondary N) is 1. The highest BCUT2D eigenvalue weighted by molar-refractivity contribution is 7.91. The molecule has 0 fully saturated rings. The molecule has 0 saturated heterocycles. The van der Waals surface area contributed by atoms with Crippen molar-refractivity contribution in [1.29, 1.82) is 0 Å². The van der Waals surface area contributed by atoms with Gasteiger partial charge in [-0.15, -0.1) is 0 Å². The van der Waals surface area contributed by atoms with Crippen molar-refractivity contribution in [2.24, 2.45) is 0 Å². The van der Waals surface area contributed by atoms with Crippen LogP contribution in [0.4, 0.5) is 0 Å². The quantitative estimate of drug-likeness (QED) is 0.898. The zero-order chi connectivity index (χ0) is 16.3. The first-order chi connectivity index (χ1) is 10.3. The fraction of sp³-hybridized carbons (Fsp3) is 0.400. The fourth-order valence-electron chi connectivity index (χ4n) is 2.08. The molecule has 0 aliphatic rings. The summed E-state index contributed by atoms with van der Waals surface area (Å²) in [5, 5.41) is 2.57. The Morgan fingerprint density at radius 3 is 2.36 bits per heavy atom. The third-order valence-corrected chi connectivity index (χ3v) is 4.42. The Hall–Kier alpha value is -2.02. The van der Waals surface area contributed by atoms with Gasteiger partial charge in [-0.2, -0.15) is 0 Å². The third-order valence-electron chi connectivity index (χ3n) is 3.00. The first-order valence-corrected chi connectivity index (χ1v) is 8.81. The predicted octanol–water partition coefficient (Wildman–Crippen LogP) is 1.38. The first-order valence-electron chi connectivity index (χ1n) is 6.99. The molecule has 6 nitrogen and oxygen atoms in total. The summed E-state index contributed by atoms with van der Waals surface area (Å²) in [6, 6.07) is 7.18. The van der Waals surface area contributed by atoms with E-state index in [1.165, 1.54) is 0 Å². The lowest BCUT2D eigenvalue weighted by Gasteiger charge is -2.10. The Labute approximate surface area is 129 Å². The van der Waals surface area contributed by atoms with Gasteiger partial charge in [-0.05, 0) is 32.9 Å². The summed E-state index contributed by atoms with van der Waals surface area (Å²) in [5.41, 5.74) is 2.31. The van der Waals surface area contributed by atoms with E-state index in [1.807, 2.05) is 18.2 Å². The molecule has 0 radical (unpaired) electrons. The summed E-state index contributed by atoms with van der Waals surface area (Å²) in [6.45, 7) is 5.28. The highest BCUT2D eigenvalue weighted by Gasteiger charge is 2.20. The van der Waals surface area contributed by atoms with Crippen LogP contribution in [0.5, 0.6) is 0 Å². The van der Waals surface area contributed by atoms with Gasteiger partial charge in [0.25, 0.3) is 0 Å². The van der Waals surface area contributed by atoms with Crippen LogP contribution in [0.3, 0.4) is 0 Å². The van der Waals surface area contributed by atoms with Crippen molar-refractivity contribution in [3.8, 4) is 0 Å². The maximum atomic E-state index is 12.2. The van der Waals surface area contributed by atoms with E-state index in [0.717, 1.165) is 5.52 Å². The van der Waals surface area contributed by atoms with E-state index in [-0.39, 0.29) is 11.8 Å². The highest BCUT2D eigenvalue weighted by atomic mass is 32.2. The maximum absolute atomic E-state index is 12.2. The third kappa shape index (κ3) is 4.24. The van der Waals surface area contributed by atoms with Gasteiger partial charge in [0.1, 0.15) is 5.75 Å². The smallest absolute Gasteiger partial charge is 0.235 e. The second kappa shape index (κ2) is 6.39. The molecule has 1 aromatic carbocycles. The molecule has 0 aliphatic heterocycles. The number of aryl methyl sites for hydroxylation is 1. The Morgan fingerprint density at radius 1 is 1.18 bits per heavy atom. The van der Waals surface area contributed by atoms with E-state index < -0.39 is 21.5 Å². The van der Waals surface area contributed by atoms with Crippen LogP contribution >= 0.6 is 0 Å². The lowest BCUT2D eigenvalue weighted by Crippen LogP contribution is -2.35. The number of amides is 1. The van der Waals surface area contributed by atoms with Gasteiger partial charge in [-0.25, -0.2) is 18.4 Å². The molecule has 7 heteroatoms. The van der Waals surface area contributed by atoms with Gasteiger partial charge >= 0.3 is 0 Å². The second-order valence-electron chi connectivity index (χ2n) is 5.50. The van der Waals surface area contributed by atoms with Crippen LogP contribution in [-0.4, -0.2) is 36.1 Å². The second-order valence-corrected chi connectivity index (χ2v) is 7.56. The van der Waals surface area contributed by atoms with Crippen LogP contribution in [0, 0.1) is 6.92 Å². The molecule has 0 spiro atoms. The van der Waals surface area contributed by atoms with Gasteiger partial charge in [0.15, 0.2) is 9.84 Å². The van der Waals surface area contributed by atoms with Gasteiger partial charge < -0.3 is 5.32 Å². The molecule has 0 bridgehead atoms. The molecule has 2 aromatic rings. The Kier molecular flexibility index (Phi) is 4.75. The van der Waals surface area contributed by atoms with Crippen molar-refractivity contribution >= 4 is 26.8 Å². The number of carbonyl (C=O) groups is 1. The van der Waals surface area contributed by atoms with E-state index >= 15 is 0 Å². The summed E-state index contributed by atoms with van der Waals surface area (Å²) >= 11 is 0. The zero-order valence-corrected chi connectivity index (χ0v) is 13.6. The zero-order valence-electron chi connectivity index (χ0n) is 12.8. The average molecular weight is 321 g/mol. The number of aromatic nitrogens is 2. The van der Waals surface area contributed by atoms with E-state index in [0.29, 0.717) is 16.9 Å². The molecule has 0 saturated carbocycles. The number of hydrogen-bond donors (Lipinski definition) is 1. The number of sulfone groups is 1. The largest absolute Gasteiger partial charge is 0.353 e. The Morgan fingerprint density at radius 2 is 1.77 bits per heavy atom. The standard InChI is InChI=1S/C15H19N3O3S/c1-10(2)16-15(19)9-22(20,21)8-14-11(3)17-12-6-4-5-7-13(12)18-14/h4-7,10H,8-9H2,1-3H3,(H,16,19). The van der Waals surface area contributed by atoms with Gasteiger partial charge in [-0.1, -0.05) is 12.1 Å². The minimum Gasteiger partial charge on any atom is -0.353 e. The number of benzene rings is 1. The molecule has 22 heavy (non-hydrogen) atoms. The van der Waals surface area contributed by atoms with Gasteiger partial charge in [0, 0.05) is 6.04 Å². The normalized spacial score (nSPS) is 11.8. The van der Waals surface area contributed by atoms with Crippen LogP contribution in [0.15, 0.2) is 24.3 Å². The lowest BCUT2D eigenvalue weighted by atomic mass is 10.2. The monoisotopic (exact) mass is 321 g/mol. The van der Waals surface area contributed by atoms with Crippen LogP contribution in [0.2, 0.25) is 0 Å². The number of carbonyl (C=O) groups excluding carboxylic acids is 1. The van der Waals surface area contributed by atoms with Crippen LogP contribution in [0.25, 0.3) is 11.0 Å². The Balaban J connectivity index is 2.22. The van der Waals surface area contributed by atoms with Gasteiger partial charge in [-0.3, -0.25) is 4.79 Å². The number of hydrogen-bond acceptors (Lipinski definition) is 5. The summed E-state index contributed by atoms with van der Waals surface area (Å²) < 4.78 is 24.3. The minimum atomic E-state index is -3.59. The van der Waals surface area contributed by atoms with Crippen molar-refractivity contribution in [3.63, 3.8) is 0 Å². The van der Waals surface area contributed by atoms with Crippen molar-refractivity contribution in [2.75, 3.05) is 5.75 Å². The number of fused-ring (bicyclic) bond motifs is 1. The van der Waals surface area contributed by atoms with Crippen LogP contribution < -0.4 is 5.32 Å². The topological polar surface area (TPSA) is 89.0 Å². The fourth-order valence-corrected chi connectivity index (χ4v) is 3.36. The molecule has 0 unspecified atom stereocenters. The SMILES string of the molecule is Cc1nc2ccccc2nc1CS(=O)(=O)CC(=O)NC(C)C. The number of rotatable bonds is 5. The van der Waals surface area contributed by atoms with Crippen molar-refractivity contribution < 1.29 is 13.2 Å². The predicted molar refractivity (Wildman–Crippen MR) is 85.0 cm³/mol. The molecule has 1 N–H and O–H groups in total. The number of nitrogens with zero attached hydrogens (tertiary/aromatic N) is 2. The molecular formula is C15H19N3O3S. The van der Waals surface area contributed by atoms with E-state index in [9.17, 15) is 13.2 Å². The Bertz CT molecular complexity index is 801. The summed E-state index contributed by atoms with van der Waals surface area (Å²) in [6.07, 6.45) is 0. The van der Waals surface area contributed by atoms with Crippen molar-refractivity contribution in [1.82, 2.24) is 15.3 Å². The molecular weight excluding hydrogens is 302 g/mol. The minimum absolute atomic E-state index is 0.0927. The number of para-hydroxylation sites is 2. The summed E-state index contributed by atoms with van der Waals surface area (Å²) in [5.74, 6) is -1.33. The molecule has 1 heterocycles. The van der Waals surface area contributed by atoms with Crippen molar-refractivity contribution in [2.45, 2.75) is 32.6 Å². The van der Waals surface area contributed by atoms with Crippen molar-refractivity contribution in [3.05, 3.63) is 35.7 Å². The average Bonchev–Trinajstić information content (AvgIpc) is 2.37. The molecule has 1 aromatic heterocycles. The van der Waals surface area contributed by atoms with Gasteiger partial charge in [0.05, 0.1) is 28.2 Å². The van der Waals surface area contributed by atoms with Crippen LogP contribution in [-0.2, 0) is 20.4 Å². The molecule has 1 amide bonds. The van der Waals surface area contributed by atoms with E-state index in [4.69, 9.17) is 0 Å². The van der Waals surface area contributed by atoms with E-state index in [2.05, 4.69) is 15.3 Å². The summed E-state index contributed by atoms with van der Waals surface area (Å²) in [4.78, 5) is 20.3. The lowest BCUT2D eigenvalue weighted by molar-refractivity contribution is -0.119. The molecule has 0 atom stereocenters. The van der Waals surface area contributed by atoms with Gasteiger partial charge in [0.2, 0.25) is 5.91 Å². The highest BCUT2D eigenvalue weighted by Crippen LogP contribution is 2.14.